The zero-order valence-corrected chi connectivity index (χ0v) is 16.9. The van der Waals surface area contributed by atoms with Gasteiger partial charge in [0.05, 0.1) is 11.4 Å². The number of anilines is 1. The van der Waals surface area contributed by atoms with E-state index < -0.39 is 0 Å². The number of amides is 1. The molecule has 0 aliphatic heterocycles. The maximum absolute atomic E-state index is 12.5. The number of nitrogens with zero attached hydrogens (tertiary/aromatic N) is 3. The molecule has 146 valence electrons. The minimum atomic E-state index is -0.245. The van der Waals surface area contributed by atoms with Gasteiger partial charge in [0.2, 0.25) is 5.95 Å². The number of nitrogens with one attached hydrogen (secondary N) is 1. The van der Waals surface area contributed by atoms with Crippen molar-refractivity contribution in [3.05, 3.63) is 93.4 Å². The summed E-state index contributed by atoms with van der Waals surface area (Å²) in [6.45, 7) is 0.963. The molecule has 8 heteroatoms. The maximum Gasteiger partial charge on any atom is 0.268 e. The summed E-state index contributed by atoms with van der Waals surface area (Å²) < 4.78 is 7.39. The second kappa shape index (κ2) is 8.89. The van der Waals surface area contributed by atoms with Gasteiger partial charge in [-0.05, 0) is 41.3 Å². The lowest BCUT2D eigenvalue weighted by molar-refractivity contribution is 0.102. The summed E-state index contributed by atoms with van der Waals surface area (Å²) in [6, 6.07) is 18.9. The van der Waals surface area contributed by atoms with E-state index in [2.05, 4.69) is 15.4 Å². The first kappa shape index (κ1) is 19.2. The Morgan fingerprint density at radius 3 is 2.69 bits per heavy atom. The Bertz CT molecular complexity index is 1090. The Morgan fingerprint density at radius 1 is 1.10 bits per heavy atom. The van der Waals surface area contributed by atoms with Crippen LogP contribution >= 0.6 is 22.9 Å². The molecular formula is C21H17ClN4O2S. The summed E-state index contributed by atoms with van der Waals surface area (Å²) in [4.78, 5) is 17.2. The second-order valence-corrected chi connectivity index (χ2v) is 7.61. The monoisotopic (exact) mass is 424 g/mol. The fourth-order valence-corrected chi connectivity index (χ4v) is 3.55. The van der Waals surface area contributed by atoms with Gasteiger partial charge in [-0.25, -0.2) is 9.67 Å². The molecule has 0 aliphatic carbocycles. The molecule has 4 rings (SSSR count). The molecule has 4 aromatic rings. The van der Waals surface area contributed by atoms with Gasteiger partial charge in [0.1, 0.15) is 18.7 Å². The minimum Gasteiger partial charge on any atom is -0.489 e. The van der Waals surface area contributed by atoms with E-state index in [0.29, 0.717) is 23.1 Å². The van der Waals surface area contributed by atoms with Gasteiger partial charge < -0.3 is 4.74 Å². The summed E-state index contributed by atoms with van der Waals surface area (Å²) in [7, 11) is 0. The molecular weight excluding hydrogens is 408 g/mol. The van der Waals surface area contributed by atoms with Crippen molar-refractivity contribution in [2.45, 2.75) is 13.2 Å². The van der Waals surface area contributed by atoms with E-state index in [1.165, 1.54) is 11.3 Å². The number of hydrogen-bond acceptors (Lipinski definition) is 5. The van der Waals surface area contributed by atoms with Crippen molar-refractivity contribution >= 4 is 34.8 Å². The highest BCUT2D eigenvalue weighted by Crippen LogP contribution is 2.20. The van der Waals surface area contributed by atoms with Crippen LogP contribution in [0.5, 0.6) is 5.75 Å². The number of halogens is 1. The molecule has 2 aromatic heterocycles. The summed E-state index contributed by atoms with van der Waals surface area (Å²) in [5, 5.41) is 9.59. The van der Waals surface area contributed by atoms with Crippen LogP contribution in [0.15, 0.2) is 72.4 Å². The van der Waals surface area contributed by atoms with Gasteiger partial charge in [-0.15, -0.1) is 16.4 Å². The SMILES string of the molecule is O=C(Nc1ncn(Cc2ccccc2)n1)c1cc(COc2ccc(Cl)cc2)cs1. The second-order valence-electron chi connectivity index (χ2n) is 6.27. The number of hydrogen-bond donors (Lipinski definition) is 1. The van der Waals surface area contributed by atoms with E-state index in [-0.39, 0.29) is 11.9 Å². The van der Waals surface area contributed by atoms with Crippen LogP contribution in [0.4, 0.5) is 5.95 Å². The van der Waals surface area contributed by atoms with Gasteiger partial charge in [0, 0.05) is 10.6 Å². The number of rotatable bonds is 7. The average molecular weight is 425 g/mol. The number of benzene rings is 2. The van der Waals surface area contributed by atoms with E-state index in [9.17, 15) is 4.79 Å². The van der Waals surface area contributed by atoms with Crippen molar-refractivity contribution in [1.29, 1.82) is 0 Å². The first-order chi connectivity index (χ1) is 14.2. The Hall–Kier alpha value is -3.16. The molecule has 1 N–H and O–H groups in total. The van der Waals surface area contributed by atoms with Gasteiger partial charge >= 0.3 is 0 Å². The Labute approximate surface area is 176 Å². The number of aromatic nitrogens is 3. The Morgan fingerprint density at radius 2 is 1.90 bits per heavy atom. The summed E-state index contributed by atoms with van der Waals surface area (Å²) in [5.74, 6) is 0.753. The van der Waals surface area contributed by atoms with Crippen LogP contribution < -0.4 is 10.1 Å². The fraction of sp³-hybridized carbons (Fsp3) is 0.0952. The quantitative estimate of drug-likeness (QED) is 0.459. The average Bonchev–Trinajstić information content (AvgIpc) is 3.38. The van der Waals surface area contributed by atoms with Crippen molar-refractivity contribution < 1.29 is 9.53 Å². The van der Waals surface area contributed by atoms with Crippen molar-refractivity contribution in [2.75, 3.05) is 5.32 Å². The van der Waals surface area contributed by atoms with Gasteiger partial charge in [-0.3, -0.25) is 10.1 Å². The summed E-state index contributed by atoms with van der Waals surface area (Å²) >= 11 is 7.21. The molecule has 0 atom stereocenters. The summed E-state index contributed by atoms with van der Waals surface area (Å²) in [6.07, 6.45) is 1.60. The number of carbonyl (C=O) groups is 1. The van der Waals surface area contributed by atoms with Crippen molar-refractivity contribution in [3.63, 3.8) is 0 Å². The predicted octanol–water partition coefficient (Wildman–Crippen LogP) is 4.87. The Kier molecular flexibility index (Phi) is 5.88. The van der Waals surface area contributed by atoms with E-state index in [4.69, 9.17) is 16.3 Å². The largest absolute Gasteiger partial charge is 0.489 e. The summed E-state index contributed by atoms with van der Waals surface area (Å²) in [5.41, 5.74) is 2.02. The first-order valence-electron chi connectivity index (χ1n) is 8.86. The first-order valence-corrected chi connectivity index (χ1v) is 10.1. The van der Waals surface area contributed by atoms with Gasteiger partial charge in [-0.2, -0.15) is 0 Å². The van der Waals surface area contributed by atoms with Crippen molar-refractivity contribution in [1.82, 2.24) is 14.8 Å². The molecule has 0 saturated carbocycles. The molecule has 0 aliphatic rings. The molecule has 1 amide bonds. The van der Waals surface area contributed by atoms with E-state index in [0.717, 1.165) is 16.9 Å². The van der Waals surface area contributed by atoms with Crippen LogP contribution in [0, 0.1) is 0 Å². The van der Waals surface area contributed by atoms with E-state index >= 15 is 0 Å². The normalized spacial score (nSPS) is 10.7. The standard InChI is InChI=1S/C21H17ClN4O2S/c22-17-6-8-18(9-7-17)28-12-16-10-19(29-13-16)20(27)24-21-23-14-26(25-21)11-15-4-2-1-3-5-15/h1-10,13-14H,11-12H2,(H,24,25,27). The molecule has 29 heavy (non-hydrogen) atoms. The third-order valence-corrected chi connectivity index (χ3v) is 5.28. The number of thiophene rings is 1. The lowest BCUT2D eigenvalue weighted by Gasteiger charge is -2.04. The van der Waals surface area contributed by atoms with Crippen molar-refractivity contribution in [2.24, 2.45) is 0 Å². The molecule has 6 nitrogen and oxygen atoms in total. The molecule has 0 unspecified atom stereocenters. The molecule has 2 heterocycles. The highest BCUT2D eigenvalue weighted by Gasteiger charge is 2.12. The van der Waals surface area contributed by atoms with Crippen LogP contribution in [-0.2, 0) is 13.2 Å². The highest BCUT2D eigenvalue weighted by atomic mass is 35.5. The number of ether oxygens (including phenoxy) is 1. The molecule has 0 radical (unpaired) electrons. The zero-order chi connectivity index (χ0) is 20.1. The fourth-order valence-electron chi connectivity index (χ4n) is 2.63. The van der Waals surface area contributed by atoms with Crippen molar-refractivity contribution in [3.8, 4) is 5.75 Å². The van der Waals surface area contributed by atoms with Gasteiger partial charge in [0.15, 0.2) is 0 Å². The minimum absolute atomic E-state index is 0.245. The van der Waals surface area contributed by atoms with Crippen LogP contribution in [0.25, 0.3) is 0 Å². The predicted molar refractivity (Wildman–Crippen MR) is 114 cm³/mol. The van der Waals surface area contributed by atoms with Crippen LogP contribution in [0.2, 0.25) is 5.02 Å². The lowest BCUT2D eigenvalue weighted by atomic mass is 10.2. The molecule has 0 bridgehead atoms. The van der Waals surface area contributed by atoms with E-state index in [1.807, 2.05) is 35.7 Å². The van der Waals surface area contributed by atoms with Crippen LogP contribution in [0.1, 0.15) is 20.8 Å². The third-order valence-electron chi connectivity index (χ3n) is 4.05. The third kappa shape index (κ3) is 5.22. The smallest absolute Gasteiger partial charge is 0.268 e. The molecule has 0 fully saturated rings. The lowest BCUT2D eigenvalue weighted by Crippen LogP contribution is -2.12. The van der Waals surface area contributed by atoms with Gasteiger partial charge in [0.25, 0.3) is 5.91 Å². The molecule has 0 spiro atoms. The number of carbonyl (C=O) groups excluding carboxylic acids is 1. The molecule has 0 saturated heterocycles. The maximum atomic E-state index is 12.5. The van der Waals surface area contributed by atoms with Crippen LogP contribution in [-0.4, -0.2) is 20.7 Å². The van der Waals surface area contributed by atoms with Gasteiger partial charge in [-0.1, -0.05) is 41.9 Å². The highest BCUT2D eigenvalue weighted by molar-refractivity contribution is 7.12. The topological polar surface area (TPSA) is 69.0 Å². The van der Waals surface area contributed by atoms with E-state index in [1.54, 1.807) is 41.3 Å². The molecule has 2 aromatic carbocycles. The Balaban J connectivity index is 1.32. The zero-order valence-electron chi connectivity index (χ0n) is 15.3. The van der Waals surface area contributed by atoms with Crippen LogP contribution in [0.3, 0.4) is 0 Å².